The van der Waals surface area contributed by atoms with E-state index in [1.807, 2.05) is 60.7 Å². The predicted molar refractivity (Wildman–Crippen MR) is 117 cm³/mol. The Balaban J connectivity index is 1.67. The van der Waals surface area contributed by atoms with Gasteiger partial charge in [0.2, 0.25) is 0 Å². The van der Waals surface area contributed by atoms with Crippen LogP contribution in [0.15, 0.2) is 81.7 Å². The number of imidazole rings is 1. The van der Waals surface area contributed by atoms with E-state index in [9.17, 15) is 14.4 Å². The number of nitrogens with one attached hydrogen (secondary N) is 1. The zero-order valence-corrected chi connectivity index (χ0v) is 17.0. The molecule has 0 saturated heterocycles. The Morgan fingerprint density at radius 3 is 2.13 bits per heavy atom. The number of amides is 1. The van der Waals surface area contributed by atoms with Gasteiger partial charge in [0.15, 0.2) is 11.2 Å². The molecule has 0 atom stereocenters. The van der Waals surface area contributed by atoms with Crippen LogP contribution in [0.3, 0.4) is 0 Å². The number of fused-ring (bicyclic) bond motifs is 1. The topological polar surface area (TPSA) is 103 Å². The minimum atomic E-state index is -0.623. The van der Waals surface area contributed by atoms with Crippen LogP contribution >= 0.6 is 0 Å². The molecule has 0 bridgehead atoms. The number of benzene rings is 2. The van der Waals surface area contributed by atoms with Crippen LogP contribution in [0.1, 0.15) is 11.1 Å². The molecule has 0 aliphatic carbocycles. The van der Waals surface area contributed by atoms with Crippen LogP contribution in [-0.4, -0.2) is 30.3 Å². The maximum atomic E-state index is 12.8. The number of hydrogen-bond acceptors (Lipinski definition) is 5. The van der Waals surface area contributed by atoms with Gasteiger partial charge in [-0.1, -0.05) is 60.7 Å². The van der Waals surface area contributed by atoms with E-state index in [1.54, 1.807) is 7.05 Å². The number of carbonyl (C=O) groups excluding carboxylic acids is 1. The van der Waals surface area contributed by atoms with E-state index in [1.165, 1.54) is 22.5 Å². The molecule has 31 heavy (non-hydrogen) atoms. The van der Waals surface area contributed by atoms with Crippen molar-refractivity contribution in [1.82, 2.24) is 24.1 Å². The van der Waals surface area contributed by atoms with Crippen LogP contribution in [0.2, 0.25) is 0 Å². The normalized spacial score (nSPS) is 10.8. The zero-order valence-electron chi connectivity index (χ0n) is 17.0. The maximum absolute atomic E-state index is 12.8. The third kappa shape index (κ3) is 3.80. The van der Waals surface area contributed by atoms with Gasteiger partial charge in [0, 0.05) is 25.2 Å². The molecule has 4 aromatic rings. The molecule has 2 heterocycles. The van der Waals surface area contributed by atoms with Gasteiger partial charge >= 0.3 is 5.69 Å². The van der Waals surface area contributed by atoms with Crippen LogP contribution in [0.25, 0.3) is 11.2 Å². The van der Waals surface area contributed by atoms with E-state index in [4.69, 9.17) is 0 Å². The standard InChI is InChI=1S/C22H20N6O3/c1-26-14-23-20-19(26)21(30)28(22(31)27(20)2)13-17(29)24-25-18(15-9-5-3-6-10-15)16-11-7-4-8-12-16/h3-12,14H,13H2,1-2H3,(H,24,29). The molecule has 9 heteroatoms. The molecular formula is C22H20N6O3. The summed E-state index contributed by atoms with van der Waals surface area (Å²) in [5.74, 6) is -0.593. The molecular weight excluding hydrogens is 396 g/mol. The SMILES string of the molecule is Cn1cnc2c1c(=O)n(CC(=O)NN=C(c1ccccc1)c1ccccc1)c(=O)n2C. The van der Waals surface area contributed by atoms with Crippen molar-refractivity contribution in [3.8, 4) is 0 Å². The van der Waals surface area contributed by atoms with E-state index < -0.39 is 23.7 Å². The first-order chi connectivity index (χ1) is 15.0. The van der Waals surface area contributed by atoms with E-state index in [2.05, 4.69) is 15.5 Å². The van der Waals surface area contributed by atoms with Crippen LogP contribution < -0.4 is 16.7 Å². The first-order valence-electron chi connectivity index (χ1n) is 9.55. The van der Waals surface area contributed by atoms with Crippen molar-refractivity contribution in [2.24, 2.45) is 19.2 Å². The Labute approximate surface area is 176 Å². The molecule has 0 fully saturated rings. The fourth-order valence-electron chi connectivity index (χ4n) is 3.32. The summed E-state index contributed by atoms with van der Waals surface area (Å²) in [5.41, 5.74) is 3.99. The zero-order chi connectivity index (χ0) is 22.0. The third-order valence-corrected chi connectivity index (χ3v) is 4.89. The lowest BCUT2D eigenvalue weighted by molar-refractivity contribution is -0.121. The molecule has 0 radical (unpaired) electrons. The van der Waals surface area contributed by atoms with Crippen molar-refractivity contribution >= 4 is 22.8 Å². The number of nitrogens with zero attached hydrogens (tertiary/aromatic N) is 5. The average molecular weight is 416 g/mol. The van der Waals surface area contributed by atoms with Crippen molar-refractivity contribution < 1.29 is 4.79 Å². The first kappa shape index (κ1) is 20.0. The van der Waals surface area contributed by atoms with Crippen molar-refractivity contribution in [2.45, 2.75) is 6.54 Å². The molecule has 0 aliphatic rings. The van der Waals surface area contributed by atoms with Gasteiger partial charge < -0.3 is 4.57 Å². The summed E-state index contributed by atoms with van der Waals surface area (Å²) in [6.07, 6.45) is 1.45. The fourth-order valence-corrected chi connectivity index (χ4v) is 3.32. The molecule has 1 N–H and O–H groups in total. The summed E-state index contributed by atoms with van der Waals surface area (Å²) in [7, 11) is 3.16. The molecule has 0 saturated carbocycles. The lowest BCUT2D eigenvalue weighted by Gasteiger charge is -2.10. The van der Waals surface area contributed by atoms with Crippen LogP contribution in [0, 0.1) is 0 Å². The lowest BCUT2D eigenvalue weighted by atomic mass is 10.0. The average Bonchev–Trinajstić information content (AvgIpc) is 3.18. The second-order valence-electron chi connectivity index (χ2n) is 6.99. The third-order valence-electron chi connectivity index (χ3n) is 4.89. The molecule has 0 spiro atoms. The largest absolute Gasteiger partial charge is 0.332 e. The predicted octanol–water partition coefficient (Wildman–Crippen LogP) is 1.00. The Morgan fingerprint density at radius 1 is 0.968 bits per heavy atom. The number of aromatic nitrogens is 4. The highest BCUT2D eigenvalue weighted by Crippen LogP contribution is 2.10. The van der Waals surface area contributed by atoms with Crippen LogP contribution in [0.5, 0.6) is 0 Å². The van der Waals surface area contributed by atoms with Crippen LogP contribution in [0.4, 0.5) is 0 Å². The highest BCUT2D eigenvalue weighted by molar-refractivity contribution is 6.13. The lowest BCUT2D eigenvalue weighted by Crippen LogP contribution is -2.43. The van der Waals surface area contributed by atoms with Gasteiger partial charge in [0.05, 0.1) is 12.0 Å². The summed E-state index contributed by atoms with van der Waals surface area (Å²) < 4.78 is 3.64. The molecule has 2 aromatic heterocycles. The number of hydrazone groups is 1. The van der Waals surface area contributed by atoms with E-state index in [0.29, 0.717) is 5.71 Å². The first-order valence-corrected chi connectivity index (χ1v) is 9.55. The quantitative estimate of drug-likeness (QED) is 0.387. The van der Waals surface area contributed by atoms with E-state index in [0.717, 1.165) is 15.7 Å². The van der Waals surface area contributed by atoms with Gasteiger partial charge in [-0.2, -0.15) is 5.10 Å². The fraction of sp³-hybridized carbons (Fsp3) is 0.136. The summed E-state index contributed by atoms with van der Waals surface area (Å²) >= 11 is 0. The highest BCUT2D eigenvalue weighted by atomic mass is 16.2. The van der Waals surface area contributed by atoms with Gasteiger partial charge in [-0.15, -0.1) is 0 Å². The van der Waals surface area contributed by atoms with E-state index >= 15 is 0 Å². The Bertz CT molecular complexity index is 1360. The summed E-state index contributed by atoms with van der Waals surface area (Å²) in [6.45, 7) is -0.465. The number of rotatable bonds is 5. The number of aryl methyl sites for hydroxylation is 2. The minimum absolute atomic E-state index is 0.243. The van der Waals surface area contributed by atoms with Crippen molar-refractivity contribution in [3.63, 3.8) is 0 Å². The summed E-state index contributed by atoms with van der Waals surface area (Å²) in [5, 5.41) is 4.29. The van der Waals surface area contributed by atoms with Gasteiger partial charge in [-0.05, 0) is 0 Å². The molecule has 0 unspecified atom stereocenters. The Hall–Kier alpha value is -4.27. The molecule has 9 nitrogen and oxygen atoms in total. The second-order valence-corrected chi connectivity index (χ2v) is 6.99. The Kier molecular flexibility index (Phi) is 5.31. The van der Waals surface area contributed by atoms with Gasteiger partial charge in [-0.25, -0.2) is 19.8 Å². The van der Waals surface area contributed by atoms with Gasteiger partial charge in [-0.3, -0.25) is 14.2 Å². The molecule has 2 aromatic carbocycles. The number of carbonyl (C=O) groups is 1. The van der Waals surface area contributed by atoms with Crippen molar-refractivity contribution in [1.29, 1.82) is 0 Å². The summed E-state index contributed by atoms with van der Waals surface area (Å²) in [6, 6.07) is 18.8. The molecule has 156 valence electrons. The maximum Gasteiger partial charge on any atom is 0.332 e. The van der Waals surface area contributed by atoms with E-state index in [-0.39, 0.29) is 11.2 Å². The number of hydrogen-bond donors (Lipinski definition) is 1. The smallest absolute Gasteiger partial charge is 0.328 e. The Morgan fingerprint density at radius 2 is 1.55 bits per heavy atom. The molecule has 0 aliphatic heterocycles. The molecule has 1 amide bonds. The highest BCUT2D eigenvalue weighted by Gasteiger charge is 2.17. The van der Waals surface area contributed by atoms with Gasteiger partial charge in [0.25, 0.3) is 11.5 Å². The van der Waals surface area contributed by atoms with Gasteiger partial charge in [0.1, 0.15) is 6.54 Å². The second kappa shape index (κ2) is 8.23. The van der Waals surface area contributed by atoms with Crippen molar-refractivity contribution in [2.75, 3.05) is 0 Å². The molecule has 4 rings (SSSR count). The monoisotopic (exact) mass is 416 g/mol. The minimum Gasteiger partial charge on any atom is -0.328 e. The van der Waals surface area contributed by atoms with Crippen molar-refractivity contribution in [3.05, 3.63) is 99.0 Å². The summed E-state index contributed by atoms with van der Waals surface area (Å²) in [4.78, 5) is 42.0. The van der Waals surface area contributed by atoms with Crippen LogP contribution in [-0.2, 0) is 25.4 Å².